The molecular formula is C33H52O7. The van der Waals surface area contributed by atoms with Gasteiger partial charge in [-0.15, -0.1) is 0 Å². The van der Waals surface area contributed by atoms with Crippen molar-refractivity contribution in [2.24, 2.45) is 39.4 Å². The summed E-state index contributed by atoms with van der Waals surface area (Å²) in [7, 11) is 0. The molecule has 40 heavy (non-hydrogen) atoms. The first-order valence-electron chi connectivity index (χ1n) is 15.5. The number of esters is 2. The second-order valence-electron chi connectivity index (χ2n) is 14.6. The number of hydrogen-bond acceptors (Lipinski definition) is 7. The van der Waals surface area contributed by atoms with Gasteiger partial charge in [0.15, 0.2) is 5.78 Å². The molecule has 3 fully saturated rings. The van der Waals surface area contributed by atoms with Crippen molar-refractivity contribution in [1.29, 1.82) is 0 Å². The van der Waals surface area contributed by atoms with Crippen molar-refractivity contribution < 1.29 is 34.1 Å². The summed E-state index contributed by atoms with van der Waals surface area (Å²) in [6, 6.07) is 0. The second-order valence-corrected chi connectivity index (χ2v) is 14.6. The molecule has 4 rings (SSSR count). The van der Waals surface area contributed by atoms with Crippen molar-refractivity contribution in [3.8, 4) is 0 Å². The first-order valence-corrected chi connectivity index (χ1v) is 15.5. The highest BCUT2D eigenvalue weighted by Gasteiger charge is 2.68. The normalized spacial score (nSPS) is 44.1. The van der Waals surface area contributed by atoms with E-state index in [2.05, 4.69) is 27.7 Å². The van der Waals surface area contributed by atoms with Crippen molar-refractivity contribution in [3.63, 3.8) is 0 Å². The van der Waals surface area contributed by atoms with E-state index in [1.54, 1.807) is 0 Å². The summed E-state index contributed by atoms with van der Waals surface area (Å²) in [6.07, 6.45) is 6.27. The third kappa shape index (κ3) is 4.97. The minimum atomic E-state index is -0.837. The Hall–Kier alpha value is -1.73. The fourth-order valence-electron chi connectivity index (χ4n) is 10.2. The minimum Gasteiger partial charge on any atom is -0.462 e. The molecule has 7 heteroatoms. The summed E-state index contributed by atoms with van der Waals surface area (Å²) in [5.41, 5.74) is -0.556. The summed E-state index contributed by atoms with van der Waals surface area (Å²) < 4.78 is 12.1. The Labute approximate surface area is 240 Å². The van der Waals surface area contributed by atoms with Crippen LogP contribution in [0.25, 0.3) is 0 Å². The van der Waals surface area contributed by atoms with E-state index < -0.39 is 29.7 Å². The first-order chi connectivity index (χ1) is 18.5. The Balaban J connectivity index is 1.78. The Bertz CT molecular complexity index is 1050. The van der Waals surface area contributed by atoms with Crippen molar-refractivity contribution in [3.05, 3.63) is 11.6 Å². The van der Waals surface area contributed by atoms with Gasteiger partial charge in [-0.25, -0.2) is 0 Å². The van der Waals surface area contributed by atoms with Crippen LogP contribution in [-0.4, -0.2) is 52.4 Å². The average Bonchev–Trinajstić information content (AvgIpc) is 2.85. The van der Waals surface area contributed by atoms with Crippen LogP contribution < -0.4 is 0 Å². The van der Waals surface area contributed by atoms with E-state index in [9.17, 15) is 24.6 Å². The number of rotatable bonds is 7. The fraction of sp³-hybridized carbons (Fsp3) is 0.848. The van der Waals surface area contributed by atoms with Crippen LogP contribution in [0.5, 0.6) is 0 Å². The molecule has 1 unspecified atom stereocenters. The van der Waals surface area contributed by atoms with Gasteiger partial charge in [0.2, 0.25) is 0 Å². The SMILES string of the molecule is CCC(O)CC(=O)O[C@H]1C[C@@H]2[C@@]3(C)CCC[C@](C)([C@H](C)OC(C)=O)[C@@H]3CC[C@@]2(C)[C@@H]2C[C@H](O)C(C(C)=O)=C[C@@]12C. The maximum absolute atomic E-state index is 13.1. The topological polar surface area (TPSA) is 110 Å². The Morgan fingerprint density at radius 1 is 1.00 bits per heavy atom. The number of carbonyl (C=O) groups excluding carboxylic acids is 3. The van der Waals surface area contributed by atoms with Gasteiger partial charge in [0.1, 0.15) is 12.2 Å². The number of fused-ring (bicyclic) bond motifs is 5. The molecule has 0 aromatic heterocycles. The maximum Gasteiger partial charge on any atom is 0.308 e. The number of ether oxygens (including phenoxy) is 2. The molecule has 0 saturated heterocycles. The van der Waals surface area contributed by atoms with E-state index in [4.69, 9.17) is 9.47 Å². The third-order valence-electron chi connectivity index (χ3n) is 12.4. The smallest absolute Gasteiger partial charge is 0.308 e. The second kappa shape index (κ2) is 10.8. The molecule has 0 spiro atoms. The fourth-order valence-corrected chi connectivity index (χ4v) is 10.2. The number of aliphatic hydroxyl groups is 2. The minimum absolute atomic E-state index is 0.0163. The van der Waals surface area contributed by atoms with Gasteiger partial charge < -0.3 is 19.7 Å². The molecule has 226 valence electrons. The van der Waals surface area contributed by atoms with E-state index >= 15 is 0 Å². The van der Waals surface area contributed by atoms with Gasteiger partial charge in [0.05, 0.1) is 18.6 Å². The predicted molar refractivity (Wildman–Crippen MR) is 152 cm³/mol. The Kier molecular flexibility index (Phi) is 8.45. The zero-order chi connectivity index (χ0) is 29.8. The highest BCUT2D eigenvalue weighted by molar-refractivity contribution is 5.94. The monoisotopic (exact) mass is 560 g/mol. The van der Waals surface area contributed by atoms with Crippen LogP contribution in [0.1, 0.15) is 113 Å². The van der Waals surface area contributed by atoms with E-state index in [0.29, 0.717) is 30.8 Å². The molecule has 0 aromatic carbocycles. The molecule has 7 nitrogen and oxygen atoms in total. The lowest BCUT2D eigenvalue weighted by Gasteiger charge is -2.70. The van der Waals surface area contributed by atoms with Gasteiger partial charge in [-0.2, -0.15) is 0 Å². The summed E-state index contributed by atoms with van der Waals surface area (Å²) in [5.74, 6) is -0.247. The van der Waals surface area contributed by atoms with E-state index in [1.165, 1.54) is 13.8 Å². The van der Waals surface area contributed by atoms with Crippen LogP contribution in [0.2, 0.25) is 0 Å². The van der Waals surface area contributed by atoms with Gasteiger partial charge in [-0.1, -0.05) is 47.1 Å². The van der Waals surface area contributed by atoms with Crippen molar-refractivity contribution in [1.82, 2.24) is 0 Å². The molecule has 11 atom stereocenters. The van der Waals surface area contributed by atoms with Crippen LogP contribution in [0.3, 0.4) is 0 Å². The quantitative estimate of drug-likeness (QED) is 0.393. The van der Waals surface area contributed by atoms with Crippen LogP contribution in [0.4, 0.5) is 0 Å². The molecule has 0 radical (unpaired) electrons. The summed E-state index contributed by atoms with van der Waals surface area (Å²) in [5, 5.41) is 21.3. The number of aliphatic hydroxyl groups excluding tert-OH is 2. The molecule has 0 heterocycles. The first kappa shape index (κ1) is 31.2. The molecule has 0 bridgehead atoms. The maximum atomic E-state index is 13.1. The number of ketones is 1. The van der Waals surface area contributed by atoms with Crippen molar-refractivity contribution in [2.75, 3.05) is 0 Å². The Morgan fingerprint density at radius 2 is 1.65 bits per heavy atom. The summed E-state index contributed by atoms with van der Waals surface area (Å²) in [4.78, 5) is 37.6. The molecule has 0 aromatic rings. The third-order valence-corrected chi connectivity index (χ3v) is 12.4. The average molecular weight is 561 g/mol. The Morgan fingerprint density at radius 3 is 2.25 bits per heavy atom. The van der Waals surface area contributed by atoms with Gasteiger partial charge >= 0.3 is 11.9 Å². The standard InChI is InChI=1S/C33H52O7/c1-9-22(36)15-29(38)40-28-17-27-31(6)13-10-12-30(5,20(3)39-21(4)35)25(31)11-14-32(27,7)26-16-24(37)23(19(2)34)18-33(26,28)8/h18,20,22,24-28,36-37H,9-17H2,1-8H3/t20-,22?,24-,25-,26-,27+,28-,30+,31-,32-,33+/m0/s1. The molecular weight excluding hydrogens is 508 g/mol. The van der Waals surface area contributed by atoms with Crippen molar-refractivity contribution in [2.45, 2.75) is 138 Å². The van der Waals surface area contributed by atoms with Gasteiger partial charge in [-0.05, 0) is 87.4 Å². The van der Waals surface area contributed by atoms with Gasteiger partial charge in [-0.3, -0.25) is 14.4 Å². The van der Waals surface area contributed by atoms with Crippen LogP contribution >= 0.6 is 0 Å². The lowest BCUT2D eigenvalue weighted by atomic mass is 9.35. The molecule has 2 N–H and O–H groups in total. The zero-order valence-corrected chi connectivity index (χ0v) is 25.9. The summed E-state index contributed by atoms with van der Waals surface area (Å²) in [6.45, 7) is 16.0. The van der Waals surface area contributed by atoms with Gasteiger partial charge in [0.25, 0.3) is 0 Å². The molecule has 0 aliphatic heterocycles. The van der Waals surface area contributed by atoms with Crippen LogP contribution in [0.15, 0.2) is 11.6 Å². The zero-order valence-electron chi connectivity index (χ0n) is 25.9. The van der Waals surface area contributed by atoms with E-state index in [0.717, 1.165) is 32.1 Å². The van der Waals surface area contributed by atoms with Crippen LogP contribution in [0, 0.1) is 39.4 Å². The van der Waals surface area contributed by atoms with E-state index in [1.807, 2.05) is 19.9 Å². The lowest BCUT2D eigenvalue weighted by molar-refractivity contribution is -0.238. The number of carbonyl (C=O) groups is 3. The van der Waals surface area contributed by atoms with Gasteiger partial charge in [0, 0.05) is 23.3 Å². The summed E-state index contributed by atoms with van der Waals surface area (Å²) >= 11 is 0. The molecule has 0 amide bonds. The number of Topliss-reactive ketones (excluding diaryl/α,β-unsaturated/α-hetero) is 1. The largest absolute Gasteiger partial charge is 0.462 e. The molecule has 3 saturated carbocycles. The molecule has 4 aliphatic rings. The van der Waals surface area contributed by atoms with Crippen molar-refractivity contribution >= 4 is 17.7 Å². The highest BCUT2D eigenvalue weighted by atomic mass is 16.5. The molecule has 4 aliphatic carbocycles. The number of hydrogen-bond donors (Lipinski definition) is 2. The predicted octanol–water partition coefficient (Wildman–Crippen LogP) is 5.55. The highest BCUT2D eigenvalue weighted by Crippen LogP contribution is 2.73. The van der Waals surface area contributed by atoms with E-state index in [-0.39, 0.29) is 52.4 Å². The van der Waals surface area contributed by atoms with Crippen LogP contribution in [-0.2, 0) is 23.9 Å². The lowest BCUT2D eigenvalue weighted by Crippen LogP contribution is -2.66.